The molecule has 1 aromatic heterocycles. The first kappa shape index (κ1) is 25.9. The number of β-lactam (4-membered cyclic amide) rings is 1. The summed E-state index contributed by atoms with van der Waals surface area (Å²) >= 11 is 2.35. The Morgan fingerprint density at radius 3 is 2.73 bits per heavy atom. The summed E-state index contributed by atoms with van der Waals surface area (Å²) < 4.78 is 5.59. The molecule has 1 fully saturated rings. The number of hydrogen-bond donors (Lipinski definition) is 3. The van der Waals surface area contributed by atoms with Gasteiger partial charge < -0.3 is 25.7 Å². The molecule has 2 aliphatic rings. The number of carboxylic acids is 1. The standard InChI is InChI=1S/C23H21N5O7S2/c1-12(29)35-27-16(15-11-37-23(24)25-15)19(30)26-17-20(31)28-18(22(32)33)13(10-36-21(17)28)6-5-9-34-14-7-3-2-4-8-14/h2-8,11,17,21H,9-10H2,1H3,(H2,24,25)(H,26,30)(H,32,33)/b6-5-,27-16?/t17-,21-/m1/s1. The van der Waals surface area contributed by atoms with E-state index in [2.05, 4.69) is 20.3 Å². The van der Waals surface area contributed by atoms with Crippen LogP contribution in [0.1, 0.15) is 12.6 Å². The van der Waals surface area contributed by atoms with Gasteiger partial charge in [-0.15, -0.1) is 23.1 Å². The minimum Gasteiger partial charge on any atom is -0.490 e. The van der Waals surface area contributed by atoms with Crippen LogP contribution in [-0.4, -0.2) is 68.2 Å². The van der Waals surface area contributed by atoms with E-state index in [-0.39, 0.29) is 28.8 Å². The molecule has 0 unspecified atom stereocenters. The van der Waals surface area contributed by atoms with Gasteiger partial charge in [0, 0.05) is 18.1 Å². The largest absolute Gasteiger partial charge is 0.490 e. The van der Waals surface area contributed by atoms with E-state index in [0.29, 0.717) is 17.1 Å². The number of amides is 2. The molecule has 3 heterocycles. The molecule has 0 radical (unpaired) electrons. The number of nitrogen functional groups attached to an aromatic ring is 1. The molecule has 4 N–H and O–H groups in total. The zero-order valence-electron chi connectivity index (χ0n) is 19.3. The Bertz CT molecular complexity index is 1320. The summed E-state index contributed by atoms with van der Waals surface area (Å²) in [5.41, 5.74) is 5.64. The first-order valence-corrected chi connectivity index (χ1v) is 12.7. The van der Waals surface area contributed by atoms with Gasteiger partial charge in [-0.3, -0.25) is 14.5 Å². The maximum atomic E-state index is 12.9. The van der Waals surface area contributed by atoms with Gasteiger partial charge in [0.25, 0.3) is 11.8 Å². The molecule has 2 atom stereocenters. The summed E-state index contributed by atoms with van der Waals surface area (Å²) in [4.78, 5) is 58.8. The van der Waals surface area contributed by atoms with Gasteiger partial charge >= 0.3 is 11.9 Å². The number of carbonyl (C=O) groups is 4. The van der Waals surface area contributed by atoms with Crippen molar-refractivity contribution in [1.82, 2.24) is 15.2 Å². The maximum Gasteiger partial charge on any atom is 0.352 e. The third kappa shape index (κ3) is 5.81. The molecule has 1 saturated heterocycles. The van der Waals surface area contributed by atoms with Gasteiger partial charge in [0.2, 0.25) is 0 Å². The van der Waals surface area contributed by atoms with Crippen LogP contribution in [0.25, 0.3) is 0 Å². The fraction of sp³-hybridized carbons (Fsp3) is 0.217. The topological polar surface area (TPSA) is 174 Å². The Labute approximate surface area is 218 Å². The molecule has 0 aliphatic carbocycles. The number of para-hydroxylation sites is 1. The number of aromatic nitrogens is 1. The van der Waals surface area contributed by atoms with Gasteiger partial charge in [-0.25, -0.2) is 14.6 Å². The van der Waals surface area contributed by atoms with E-state index in [0.717, 1.165) is 23.2 Å². The van der Waals surface area contributed by atoms with Gasteiger partial charge in [0.05, 0.1) is 0 Å². The van der Waals surface area contributed by atoms with Crippen molar-refractivity contribution in [2.75, 3.05) is 18.1 Å². The molecule has 192 valence electrons. The van der Waals surface area contributed by atoms with Gasteiger partial charge in [0.1, 0.15) is 35.2 Å². The summed E-state index contributed by atoms with van der Waals surface area (Å²) in [5.74, 6) is -2.48. The number of nitrogens with two attached hydrogens (primary N) is 1. The van der Waals surface area contributed by atoms with E-state index in [1.165, 1.54) is 17.1 Å². The number of benzene rings is 1. The molecular weight excluding hydrogens is 522 g/mol. The second kappa shape index (κ2) is 11.3. The van der Waals surface area contributed by atoms with E-state index in [4.69, 9.17) is 10.5 Å². The average Bonchev–Trinajstić information content (AvgIpc) is 3.30. The Morgan fingerprint density at radius 2 is 2.08 bits per heavy atom. The van der Waals surface area contributed by atoms with Crippen LogP contribution in [0, 0.1) is 0 Å². The first-order valence-electron chi connectivity index (χ1n) is 10.8. The number of anilines is 1. The van der Waals surface area contributed by atoms with Crippen LogP contribution in [0.15, 0.2) is 64.3 Å². The van der Waals surface area contributed by atoms with Crippen molar-refractivity contribution in [2.45, 2.75) is 18.3 Å². The number of nitrogens with zero attached hydrogens (tertiary/aromatic N) is 3. The molecule has 0 spiro atoms. The predicted octanol–water partition coefficient (Wildman–Crippen LogP) is 1.37. The summed E-state index contributed by atoms with van der Waals surface area (Å²) in [6, 6.07) is 8.13. The number of fused-ring (bicyclic) bond motifs is 1. The fourth-order valence-corrected chi connectivity index (χ4v) is 5.41. The maximum absolute atomic E-state index is 12.9. The number of allylic oxidation sites excluding steroid dienone is 1. The molecule has 4 rings (SSSR count). The molecule has 2 amide bonds. The number of aliphatic carboxylic acids is 1. The average molecular weight is 544 g/mol. The molecule has 1 aromatic carbocycles. The summed E-state index contributed by atoms with van der Waals surface area (Å²) in [7, 11) is 0. The number of nitrogens with one attached hydrogen (secondary N) is 1. The van der Waals surface area contributed by atoms with Crippen LogP contribution in [0.3, 0.4) is 0 Å². The Hall–Kier alpha value is -4.17. The highest BCUT2D eigenvalue weighted by Crippen LogP contribution is 2.40. The van der Waals surface area contributed by atoms with E-state index in [1.54, 1.807) is 24.3 Å². The molecular formula is C23H21N5O7S2. The molecule has 0 bridgehead atoms. The van der Waals surface area contributed by atoms with E-state index < -0.39 is 35.2 Å². The third-order valence-electron chi connectivity index (χ3n) is 5.14. The highest BCUT2D eigenvalue weighted by Gasteiger charge is 2.54. The van der Waals surface area contributed by atoms with Crippen molar-refractivity contribution in [3.8, 4) is 5.75 Å². The molecule has 14 heteroatoms. The Kier molecular flexibility index (Phi) is 7.89. The number of rotatable bonds is 9. The van der Waals surface area contributed by atoms with Crippen molar-refractivity contribution in [3.63, 3.8) is 0 Å². The van der Waals surface area contributed by atoms with Crippen LogP contribution in [0.4, 0.5) is 5.13 Å². The van der Waals surface area contributed by atoms with Gasteiger partial charge in [-0.1, -0.05) is 29.4 Å². The van der Waals surface area contributed by atoms with Crippen LogP contribution >= 0.6 is 23.1 Å². The number of carboxylic acid groups (broad SMARTS) is 1. The third-order valence-corrected chi connectivity index (χ3v) is 7.12. The van der Waals surface area contributed by atoms with Gasteiger partial charge in [-0.05, 0) is 23.8 Å². The minimum atomic E-state index is -1.26. The van der Waals surface area contributed by atoms with E-state index >= 15 is 0 Å². The lowest BCUT2D eigenvalue weighted by atomic mass is 10.0. The van der Waals surface area contributed by atoms with Gasteiger partial charge in [0.15, 0.2) is 10.8 Å². The van der Waals surface area contributed by atoms with E-state index in [9.17, 15) is 24.3 Å². The summed E-state index contributed by atoms with van der Waals surface area (Å²) in [6.07, 6.45) is 3.29. The van der Waals surface area contributed by atoms with Crippen molar-refractivity contribution in [3.05, 3.63) is 64.8 Å². The van der Waals surface area contributed by atoms with Crippen molar-refractivity contribution < 1.29 is 33.9 Å². The molecule has 2 aliphatic heterocycles. The monoisotopic (exact) mass is 543 g/mol. The Morgan fingerprint density at radius 1 is 1.32 bits per heavy atom. The lowest BCUT2D eigenvalue weighted by Crippen LogP contribution is -2.71. The van der Waals surface area contributed by atoms with Gasteiger partial charge in [-0.2, -0.15) is 0 Å². The molecule has 0 saturated carbocycles. The normalized spacial score (nSPS) is 19.3. The summed E-state index contributed by atoms with van der Waals surface area (Å²) in [6.45, 7) is 1.33. The lowest BCUT2D eigenvalue weighted by molar-refractivity contribution is -0.150. The zero-order chi connectivity index (χ0) is 26.5. The highest BCUT2D eigenvalue weighted by molar-refractivity contribution is 8.00. The van der Waals surface area contributed by atoms with Crippen LogP contribution < -0.4 is 15.8 Å². The quantitative estimate of drug-likeness (QED) is 0.181. The van der Waals surface area contributed by atoms with Crippen LogP contribution in [0.2, 0.25) is 0 Å². The number of oxime groups is 1. The second-order valence-electron chi connectivity index (χ2n) is 7.66. The zero-order valence-corrected chi connectivity index (χ0v) is 21.0. The highest BCUT2D eigenvalue weighted by atomic mass is 32.2. The molecule has 12 nitrogen and oxygen atoms in total. The number of thioether (sulfide) groups is 1. The fourth-order valence-electron chi connectivity index (χ4n) is 3.54. The van der Waals surface area contributed by atoms with Crippen molar-refractivity contribution in [1.29, 1.82) is 0 Å². The molecule has 2 aromatic rings. The van der Waals surface area contributed by atoms with Crippen LogP contribution in [0.5, 0.6) is 5.75 Å². The minimum absolute atomic E-state index is 0.0671. The summed E-state index contributed by atoms with van der Waals surface area (Å²) in [5, 5.41) is 16.9. The predicted molar refractivity (Wildman–Crippen MR) is 136 cm³/mol. The second-order valence-corrected chi connectivity index (χ2v) is 9.65. The van der Waals surface area contributed by atoms with Crippen LogP contribution in [-0.2, 0) is 24.0 Å². The lowest BCUT2D eigenvalue weighted by Gasteiger charge is -2.49. The smallest absolute Gasteiger partial charge is 0.352 e. The number of thiazole rings is 1. The SMILES string of the molecule is CC(=O)ON=C(C(=O)N[C@@H]1C(=O)N2C(C(=O)O)=C(/C=C\COc3ccccc3)CS[C@H]12)c1csc(N)n1. The van der Waals surface area contributed by atoms with Crippen molar-refractivity contribution in [2.24, 2.45) is 5.16 Å². The Balaban J connectivity index is 1.46. The number of ether oxygens (including phenoxy) is 1. The number of carbonyl (C=O) groups excluding carboxylic acids is 3. The van der Waals surface area contributed by atoms with Crippen molar-refractivity contribution >= 4 is 57.7 Å². The molecule has 37 heavy (non-hydrogen) atoms. The number of hydrogen-bond acceptors (Lipinski definition) is 11. The first-order chi connectivity index (χ1) is 17.8. The van der Waals surface area contributed by atoms with E-state index in [1.807, 2.05) is 18.2 Å².